The second-order valence-electron chi connectivity index (χ2n) is 8.53. The molecule has 0 unspecified atom stereocenters. The van der Waals surface area contributed by atoms with E-state index >= 15 is 0 Å². The van der Waals surface area contributed by atoms with Gasteiger partial charge in [0.1, 0.15) is 11.6 Å². The molecule has 2 fully saturated rings. The molecule has 0 amide bonds. The second-order valence-corrected chi connectivity index (χ2v) is 8.53. The number of morpholine rings is 1. The molecule has 1 aliphatic carbocycles. The van der Waals surface area contributed by atoms with Crippen LogP contribution in [0.1, 0.15) is 43.5 Å². The summed E-state index contributed by atoms with van der Waals surface area (Å²) < 4.78 is 7.58. The second kappa shape index (κ2) is 11.9. The fourth-order valence-electron chi connectivity index (χ4n) is 4.79. The standard InChI is InChI=1S/C23H35N7O.HI/c1-19-25-10-11-30(19)21-7-6-20(16-26-21)17-27-22(24-2)28-18-23(8-4-3-5-9-23)29-12-14-31-15-13-29;/h6-7,10-11,16H,3-5,8-9,12-15,17-18H2,1-2H3,(H2,24,27,28);1H. The lowest BCUT2D eigenvalue weighted by molar-refractivity contribution is -0.0352. The van der Waals surface area contributed by atoms with Gasteiger partial charge in [-0.25, -0.2) is 9.97 Å². The predicted octanol–water partition coefficient (Wildman–Crippen LogP) is 2.89. The van der Waals surface area contributed by atoms with E-state index in [0.29, 0.717) is 6.54 Å². The topological polar surface area (TPSA) is 79.6 Å². The van der Waals surface area contributed by atoms with Crippen LogP contribution in [0.25, 0.3) is 5.82 Å². The third-order valence-corrected chi connectivity index (χ3v) is 6.62. The van der Waals surface area contributed by atoms with Crippen LogP contribution in [0, 0.1) is 6.92 Å². The van der Waals surface area contributed by atoms with Crippen molar-refractivity contribution in [3.8, 4) is 5.82 Å². The van der Waals surface area contributed by atoms with E-state index in [-0.39, 0.29) is 29.5 Å². The molecule has 0 bridgehead atoms. The van der Waals surface area contributed by atoms with Crippen LogP contribution in [-0.4, -0.2) is 70.8 Å². The fourth-order valence-corrected chi connectivity index (χ4v) is 4.79. The number of pyridine rings is 1. The zero-order valence-electron chi connectivity index (χ0n) is 19.2. The molecule has 8 nitrogen and oxygen atoms in total. The molecule has 1 aliphatic heterocycles. The van der Waals surface area contributed by atoms with Crippen LogP contribution in [0.2, 0.25) is 0 Å². The lowest BCUT2D eigenvalue weighted by Crippen LogP contribution is -2.60. The van der Waals surface area contributed by atoms with E-state index in [1.165, 1.54) is 32.1 Å². The molecule has 3 heterocycles. The Morgan fingerprint density at radius 3 is 2.53 bits per heavy atom. The first-order chi connectivity index (χ1) is 15.2. The third kappa shape index (κ3) is 5.99. The highest BCUT2D eigenvalue weighted by Gasteiger charge is 2.38. The van der Waals surface area contributed by atoms with E-state index < -0.39 is 0 Å². The molecule has 0 spiro atoms. The summed E-state index contributed by atoms with van der Waals surface area (Å²) in [6.07, 6.45) is 12.1. The van der Waals surface area contributed by atoms with Crippen LogP contribution in [0.3, 0.4) is 0 Å². The molecule has 4 rings (SSSR count). The van der Waals surface area contributed by atoms with Crippen LogP contribution in [0.15, 0.2) is 35.7 Å². The van der Waals surface area contributed by atoms with Crippen molar-refractivity contribution in [2.45, 2.75) is 51.1 Å². The van der Waals surface area contributed by atoms with Crippen molar-refractivity contribution < 1.29 is 4.74 Å². The number of aryl methyl sites for hydroxylation is 1. The van der Waals surface area contributed by atoms with E-state index in [0.717, 1.165) is 56.0 Å². The Morgan fingerprint density at radius 1 is 1.12 bits per heavy atom. The highest BCUT2D eigenvalue weighted by Crippen LogP contribution is 2.33. The van der Waals surface area contributed by atoms with Gasteiger partial charge in [-0.1, -0.05) is 25.3 Å². The zero-order valence-corrected chi connectivity index (χ0v) is 21.5. The summed E-state index contributed by atoms with van der Waals surface area (Å²) in [4.78, 5) is 15.9. The van der Waals surface area contributed by atoms with Gasteiger partial charge in [0.05, 0.1) is 13.2 Å². The number of nitrogens with one attached hydrogen (secondary N) is 2. The number of hydrogen-bond donors (Lipinski definition) is 2. The van der Waals surface area contributed by atoms with Gasteiger partial charge in [0.25, 0.3) is 0 Å². The van der Waals surface area contributed by atoms with Gasteiger partial charge in [-0.3, -0.25) is 14.5 Å². The van der Waals surface area contributed by atoms with E-state index in [1.54, 1.807) is 6.20 Å². The van der Waals surface area contributed by atoms with Gasteiger partial charge in [-0.05, 0) is 31.4 Å². The summed E-state index contributed by atoms with van der Waals surface area (Å²) in [6, 6.07) is 4.12. The Labute approximate surface area is 208 Å². The van der Waals surface area contributed by atoms with Crippen LogP contribution in [0.4, 0.5) is 0 Å². The molecule has 1 saturated heterocycles. The van der Waals surface area contributed by atoms with Crippen molar-refractivity contribution in [3.63, 3.8) is 0 Å². The van der Waals surface area contributed by atoms with Gasteiger partial charge in [0, 0.05) is 57.4 Å². The van der Waals surface area contributed by atoms with Crippen molar-refractivity contribution in [2.75, 3.05) is 39.9 Å². The quantitative estimate of drug-likeness (QED) is 0.326. The molecule has 9 heteroatoms. The third-order valence-electron chi connectivity index (χ3n) is 6.62. The van der Waals surface area contributed by atoms with E-state index in [2.05, 4.69) is 36.6 Å². The Hall–Kier alpha value is -1.72. The van der Waals surface area contributed by atoms with Crippen LogP contribution in [0.5, 0.6) is 0 Å². The first kappa shape index (κ1) is 24.9. The maximum absolute atomic E-state index is 5.60. The Bertz CT molecular complexity index is 855. The molecular formula is C23H36IN7O. The van der Waals surface area contributed by atoms with E-state index in [1.807, 2.05) is 37.0 Å². The molecule has 2 N–H and O–H groups in total. The van der Waals surface area contributed by atoms with Gasteiger partial charge < -0.3 is 15.4 Å². The van der Waals surface area contributed by atoms with E-state index in [4.69, 9.17) is 4.74 Å². The number of halogens is 1. The highest BCUT2D eigenvalue weighted by molar-refractivity contribution is 14.0. The predicted molar refractivity (Wildman–Crippen MR) is 138 cm³/mol. The SMILES string of the molecule is CN=C(NCc1ccc(-n2ccnc2C)nc1)NCC1(N2CCOCC2)CCCCC1.I. The van der Waals surface area contributed by atoms with Crippen molar-refractivity contribution in [1.29, 1.82) is 0 Å². The summed E-state index contributed by atoms with van der Waals surface area (Å²) >= 11 is 0. The largest absolute Gasteiger partial charge is 0.379 e. The highest BCUT2D eigenvalue weighted by atomic mass is 127. The molecule has 0 aromatic carbocycles. The number of hydrogen-bond acceptors (Lipinski definition) is 5. The minimum Gasteiger partial charge on any atom is -0.379 e. The van der Waals surface area contributed by atoms with Crippen molar-refractivity contribution in [2.24, 2.45) is 4.99 Å². The Kier molecular flexibility index (Phi) is 9.30. The molecule has 176 valence electrons. The molecule has 0 atom stereocenters. The minimum atomic E-state index is 0. The molecule has 32 heavy (non-hydrogen) atoms. The minimum absolute atomic E-state index is 0. The lowest BCUT2D eigenvalue weighted by atomic mass is 9.80. The monoisotopic (exact) mass is 553 g/mol. The molecule has 0 radical (unpaired) electrons. The number of rotatable bonds is 6. The molecule has 1 saturated carbocycles. The first-order valence-corrected chi connectivity index (χ1v) is 11.4. The van der Waals surface area contributed by atoms with Crippen molar-refractivity contribution >= 4 is 29.9 Å². The van der Waals surface area contributed by atoms with Gasteiger partial charge in [0.15, 0.2) is 5.96 Å². The number of imidazole rings is 1. The zero-order chi connectivity index (χ0) is 21.5. The van der Waals surface area contributed by atoms with Gasteiger partial charge in [-0.2, -0.15) is 0 Å². The summed E-state index contributed by atoms with van der Waals surface area (Å²) in [5.74, 6) is 2.65. The Morgan fingerprint density at radius 2 is 1.91 bits per heavy atom. The van der Waals surface area contributed by atoms with Crippen molar-refractivity contribution in [1.82, 2.24) is 30.1 Å². The summed E-state index contributed by atoms with van der Waals surface area (Å²) in [6.45, 7) is 7.32. The summed E-state index contributed by atoms with van der Waals surface area (Å²) in [5.41, 5.74) is 1.33. The Balaban J connectivity index is 0.00000289. The molecule has 2 aliphatic rings. The van der Waals surface area contributed by atoms with Gasteiger partial charge in [-0.15, -0.1) is 24.0 Å². The van der Waals surface area contributed by atoms with E-state index in [9.17, 15) is 0 Å². The van der Waals surface area contributed by atoms with Gasteiger partial charge >= 0.3 is 0 Å². The normalized spacial score (nSPS) is 19.2. The summed E-state index contributed by atoms with van der Waals surface area (Å²) in [7, 11) is 1.83. The molecule has 2 aromatic heterocycles. The number of aromatic nitrogens is 3. The average molecular weight is 553 g/mol. The lowest BCUT2D eigenvalue weighted by Gasteiger charge is -2.48. The number of nitrogens with zero attached hydrogens (tertiary/aromatic N) is 5. The van der Waals surface area contributed by atoms with Gasteiger partial charge in [0.2, 0.25) is 0 Å². The number of aliphatic imine (C=N–C) groups is 1. The van der Waals surface area contributed by atoms with Crippen molar-refractivity contribution in [3.05, 3.63) is 42.1 Å². The smallest absolute Gasteiger partial charge is 0.191 e. The maximum Gasteiger partial charge on any atom is 0.191 e. The average Bonchev–Trinajstić information content (AvgIpc) is 3.26. The molecular weight excluding hydrogens is 517 g/mol. The van der Waals surface area contributed by atoms with Crippen LogP contribution in [-0.2, 0) is 11.3 Å². The van der Waals surface area contributed by atoms with Crippen LogP contribution >= 0.6 is 24.0 Å². The fraction of sp³-hybridized carbons (Fsp3) is 0.609. The van der Waals surface area contributed by atoms with Crippen LogP contribution < -0.4 is 10.6 Å². The maximum atomic E-state index is 5.60. The summed E-state index contributed by atoms with van der Waals surface area (Å²) in [5, 5.41) is 7.06. The number of ether oxygens (including phenoxy) is 1. The molecule has 2 aromatic rings. The number of guanidine groups is 1. The first-order valence-electron chi connectivity index (χ1n) is 11.4.